The van der Waals surface area contributed by atoms with Gasteiger partial charge < -0.3 is 24.3 Å². The highest BCUT2D eigenvalue weighted by Gasteiger charge is 2.34. The molecule has 1 N–H and O–H groups in total. The Morgan fingerprint density at radius 1 is 0.973 bits per heavy atom. The molecule has 37 heavy (non-hydrogen) atoms. The molecule has 0 aliphatic heterocycles. The van der Waals surface area contributed by atoms with Gasteiger partial charge in [-0.05, 0) is 30.2 Å². The number of carbonyl (C=O) groups is 2. The molecular formula is C27H32Cl3NO6. The molecule has 0 unspecified atom stereocenters. The van der Waals surface area contributed by atoms with E-state index < -0.39 is 27.6 Å². The van der Waals surface area contributed by atoms with Gasteiger partial charge in [0.25, 0.3) is 9.70 Å². The molecule has 0 spiro atoms. The minimum absolute atomic E-state index is 0.0116. The molecule has 2 atom stereocenters. The molecule has 202 valence electrons. The number of hydrogen-bond acceptors (Lipinski definition) is 6. The average molecular weight is 573 g/mol. The van der Waals surface area contributed by atoms with Gasteiger partial charge in [0.05, 0.1) is 52.6 Å². The summed E-state index contributed by atoms with van der Waals surface area (Å²) < 4.78 is 19.7. The van der Waals surface area contributed by atoms with Gasteiger partial charge in [-0.2, -0.15) is 0 Å². The summed E-state index contributed by atoms with van der Waals surface area (Å²) >= 11 is 17.3. The first kappa shape index (κ1) is 30.9. The number of rotatable bonds is 15. The van der Waals surface area contributed by atoms with Crippen molar-refractivity contribution in [2.24, 2.45) is 5.92 Å². The maximum Gasteiger partial charge on any atom is 0.306 e. The van der Waals surface area contributed by atoms with Crippen molar-refractivity contribution in [3.05, 3.63) is 77.9 Å². The third kappa shape index (κ3) is 12.2. The fourth-order valence-corrected chi connectivity index (χ4v) is 3.52. The van der Waals surface area contributed by atoms with E-state index in [0.29, 0.717) is 13.2 Å². The van der Waals surface area contributed by atoms with Crippen molar-refractivity contribution >= 4 is 46.7 Å². The summed E-state index contributed by atoms with van der Waals surface area (Å²) in [6.07, 6.45) is 3.54. The van der Waals surface area contributed by atoms with Crippen LogP contribution in [0.1, 0.15) is 24.5 Å². The monoisotopic (exact) mass is 571 g/mol. The standard InChI is InChI=1S/C27H32Cl3NO6/c1-3-37-25(32)16-22(10-7-15-35-17-21-11-13-23(34-2)14-12-21)24(31-26(33)27(28,29)30)19-36-18-20-8-5-4-6-9-20/h4-14,22,24H,3,15-19H2,1-2H3,(H,31,33)/b10-7+/t22-,24+/m1/s1. The predicted molar refractivity (Wildman–Crippen MR) is 145 cm³/mol. The number of hydrogen-bond donors (Lipinski definition) is 1. The normalized spacial score (nSPS) is 13.2. The van der Waals surface area contributed by atoms with Crippen LogP contribution in [0, 0.1) is 5.92 Å². The Morgan fingerprint density at radius 3 is 2.24 bits per heavy atom. The van der Waals surface area contributed by atoms with E-state index >= 15 is 0 Å². The lowest BCUT2D eigenvalue weighted by Gasteiger charge is -2.27. The number of alkyl halides is 3. The summed E-state index contributed by atoms with van der Waals surface area (Å²) in [6.45, 7) is 3.01. The van der Waals surface area contributed by atoms with Gasteiger partial charge in [-0.1, -0.05) is 89.4 Å². The SMILES string of the molecule is CCOC(=O)C[C@@H](/C=C/COCc1ccc(OC)cc1)[C@H](COCc1ccccc1)NC(=O)C(Cl)(Cl)Cl. The molecule has 1 amide bonds. The summed E-state index contributed by atoms with van der Waals surface area (Å²) in [5.74, 6) is -0.977. The first-order valence-electron chi connectivity index (χ1n) is 11.7. The molecule has 0 aromatic heterocycles. The highest BCUT2D eigenvalue weighted by molar-refractivity contribution is 6.76. The van der Waals surface area contributed by atoms with E-state index in [1.807, 2.05) is 54.6 Å². The highest BCUT2D eigenvalue weighted by atomic mass is 35.6. The van der Waals surface area contributed by atoms with Crippen LogP contribution in [0.15, 0.2) is 66.7 Å². The summed E-state index contributed by atoms with van der Waals surface area (Å²) in [5.41, 5.74) is 1.94. The van der Waals surface area contributed by atoms with Crippen LogP contribution in [-0.4, -0.2) is 48.6 Å². The van der Waals surface area contributed by atoms with Crippen molar-refractivity contribution in [2.45, 2.75) is 36.4 Å². The number of methoxy groups -OCH3 is 1. The van der Waals surface area contributed by atoms with Gasteiger partial charge in [-0.15, -0.1) is 0 Å². The van der Waals surface area contributed by atoms with Crippen LogP contribution in [0.3, 0.4) is 0 Å². The number of halogens is 3. The van der Waals surface area contributed by atoms with Crippen molar-refractivity contribution in [3.63, 3.8) is 0 Å². The van der Waals surface area contributed by atoms with E-state index in [1.165, 1.54) is 0 Å². The van der Waals surface area contributed by atoms with Crippen LogP contribution in [0.2, 0.25) is 0 Å². The van der Waals surface area contributed by atoms with Crippen LogP contribution in [0.25, 0.3) is 0 Å². The number of amides is 1. The number of ether oxygens (including phenoxy) is 4. The lowest BCUT2D eigenvalue weighted by molar-refractivity contribution is -0.144. The summed E-state index contributed by atoms with van der Waals surface area (Å²) in [4.78, 5) is 24.8. The van der Waals surface area contributed by atoms with Crippen LogP contribution in [0.4, 0.5) is 0 Å². The zero-order valence-corrected chi connectivity index (χ0v) is 23.1. The van der Waals surface area contributed by atoms with Crippen LogP contribution >= 0.6 is 34.8 Å². The minimum atomic E-state index is -2.17. The number of benzene rings is 2. The third-order valence-corrected chi connectivity index (χ3v) is 5.75. The third-order valence-electron chi connectivity index (χ3n) is 5.23. The molecule has 2 aromatic carbocycles. The van der Waals surface area contributed by atoms with Gasteiger partial charge in [-0.25, -0.2) is 0 Å². The van der Waals surface area contributed by atoms with E-state index in [9.17, 15) is 9.59 Å². The van der Waals surface area contributed by atoms with E-state index in [4.69, 9.17) is 53.8 Å². The molecule has 10 heteroatoms. The largest absolute Gasteiger partial charge is 0.497 e. The zero-order valence-electron chi connectivity index (χ0n) is 20.8. The van der Waals surface area contributed by atoms with Crippen molar-refractivity contribution in [2.75, 3.05) is 26.9 Å². The molecular weight excluding hydrogens is 541 g/mol. The van der Waals surface area contributed by atoms with Crippen LogP contribution < -0.4 is 10.1 Å². The molecule has 0 heterocycles. The van der Waals surface area contributed by atoms with Crippen LogP contribution in [0.5, 0.6) is 5.75 Å². The minimum Gasteiger partial charge on any atom is -0.497 e. The van der Waals surface area contributed by atoms with Gasteiger partial charge >= 0.3 is 5.97 Å². The highest BCUT2D eigenvalue weighted by Crippen LogP contribution is 2.27. The number of carbonyl (C=O) groups excluding carboxylic acids is 2. The number of nitrogens with one attached hydrogen (secondary N) is 1. The first-order chi connectivity index (χ1) is 17.7. The molecule has 0 saturated heterocycles. The number of esters is 1. The van der Waals surface area contributed by atoms with E-state index in [0.717, 1.165) is 16.9 Å². The Bertz CT molecular complexity index is 980. The van der Waals surface area contributed by atoms with Gasteiger partial charge in [0.2, 0.25) is 0 Å². The van der Waals surface area contributed by atoms with Gasteiger partial charge in [-0.3, -0.25) is 9.59 Å². The molecule has 0 fully saturated rings. The summed E-state index contributed by atoms with van der Waals surface area (Å²) in [7, 11) is 1.61. The molecule has 0 bridgehead atoms. The Labute approximate surface area is 233 Å². The van der Waals surface area contributed by atoms with Gasteiger partial charge in [0.15, 0.2) is 0 Å². The van der Waals surface area contributed by atoms with Crippen molar-refractivity contribution < 1.29 is 28.5 Å². The zero-order chi connectivity index (χ0) is 27.1. The smallest absolute Gasteiger partial charge is 0.306 e. The lowest BCUT2D eigenvalue weighted by atomic mass is 9.95. The topological polar surface area (TPSA) is 83.1 Å². The fourth-order valence-electron chi connectivity index (χ4n) is 3.35. The Balaban J connectivity index is 2.08. The van der Waals surface area contributed by atoms with Crippen molar-refractivity contribution in [1.82, 2.24) is 5.32 Å². The first-order valence-corrected chi connectivity index (χ1v) is 12.9. The fraction of sp³-hybridized carbons (Fsp3) is 0.407. The predicted octanol–water partition coefficient (Wildman–Crippen LogP) is 5.41. The second-order valence-electron chi connectivity index (χ2n) is 8.04. The second-order valence-corrected chi connectivity index (χ2v) is 10.3. The van der Waals surface area contributed by atoms with Crippen molar-refractivity contribution in [1.29, 1.82) is 0 Å². The molecule has 0 saturated carbocycles. The maximum absolute atomic E-state index is 12.5. The molecule has 7 nitrogen and oxygen atoms in total. The summed E-state index contributed by atoms with van der Waals surface area (Å²) in [5, 5.41) is 2.70. The molecule has 0 radical (unpaired) electrons. The van der Waals surface area contributed by atoms with Crippen LogP contribution in [-0.2, 0) is 37.0 Å². The van der Waals surface area contributed by atoms with Gasteiger partial charge in [0, 0.05) is 5.92 Å². The van der Waals surface area contributed by atoms with E-state index in [-0.39, 0.29) is 26.2 Å². The Morgan fingerprint density at radius 2 is 1.62 bits per heavy atom. The van der Waals surface area contributed by atoms with E-state index in [2.05, 4.69) is 5.32 Å². The molecule has 2 aromatic rings. The average Bonchev–Trinajstić information content (AvgIpc) is 2.87. The lowest BCUT2D eigenvalue weighted by Crippen LogP contribution is -2.48. The Kier molecular flexibility index (Phi) is 13.8. The summed E-state index contributed by atoms with van der Waals surface area (Å²) in [6, 6.07) is 16.4. The quantitative estimate of drug-likeness (QED) is 0.133. The maximum atomic E-state index is 12.5. The van der Waals surface area contributed by atoms with Crippen molar-refractivity contribution in [3.8, 4) is 5.75 Å². The van der Waals surface area contributed by atoms with E-state index in [1.54, 1.807) is 26.2 Å². The molecule has 2 rings (SSSR count). The molecule has 0 aliphatic rings. The van der Waals surface area contributed by atoms with Gasteiger partial charge in [0.1, 0.15) is 5.75 Å². The second kappa shape index (κ2) is 16.5. The molecule has 0 aliphatic carbocycles. The Hall–Kier alpha value is -2.29.